The molecule has 2 aliphatic rings. The standard InChI is InChI=1S/C18H25NO4/c1-14(15-7-5-4-6-8-15)19-11-17(12-21-2)9-10-18(17,16(19)20)13-23-22-3/h4-8,14H,9-13H2,1-3H3/t14-,17-,18-/m1/s1. The number of methoxy groups -OCH3 is 1. The van der Waals surface area contributed by atoms with E-state index in [1.807, 2.05) is 23.1 Å². The molecule has 1 aliphatic carbocycles. The summed E-state index contributed by atoms with van der Waals surface area (Å²) in [7, 11) is 3.18. The monoisotopic (exact) mass is 319 g/mol. The molecular weight excluding hydrogens is 294 g/mol. The normalized spacial score (nSPS) is 30.9. The van der Waals surface area contributed by atoms with Crippen LogP contribution in [0, 0.1) is 10.8 Å². The Balaban J connectivity index is 1.88. The first-order valence-electron chi connectivity index (χ1n) is 8.11. The average Bonchev–Trinajstić information content (AvgIpc) is 2.72. The first kappa shape index (κ1) is 16.4. The molecule has 1 amide bonds. The Morgan fingerprint density at radius 3 is 2.48 bits per heavy atom. The van der Waals surface area contributed by atoms with Crippen LogP contribution in [0.4, 0.5) is 0 Å². The van der Waals surface area contributed by atoms with Crippen LogP contribution in [0.5, 0.6) is 0 Å². The van der Waals surface area contributed by atoms with Gasteiger partial charge in [-0.15, -0.1) is 0 Å². The van der Waals surface area contributed by atoms with E-state index < -0.39 is 5.41 Å². The number of benzene rings is 1. The van der Waals surface area contributed by atoms with Crippen molar-refractivity contribution in [1.29, 1.82) is 0 Å². The number of carbonyl (C=O) groups excluding carboxylic acids is 1. The smallest absolute Gasteiger partial charge is 0.232 e. The second-order valence-electron chi connectivity index (χ2n) is 6.74. The van der Waals surface area contributed by atoms with Crippen molar-refractivity contribution >= 4 is 5.91 Å². The van der Waals surface area contributed by atoms with Crippen molar-refractivity contribution in [2.75, 3.05) is 34.0 Å². The molecule has 0 unspecified atom stereocenters. The van der Waals surface area contributed by atoms with Gasteiger partial charge in [-0.2, -0.15) is 0 Å². The Morgan fingerprint density at radius 2 is 1.91 bits per heavy atom. The molecular formula is C18H25NO4. The van der Waals surface area contributed by atoms with E-state index >= 15 is 0 Å². The molecule has 3 atom stereocenters. The van der Waals surface area contributed by atoms with E-state index in [2.05, 4.69) is 19.1 Å². The molecule has 0 N–H and O–H groups in total. The zero-order valence-electron chi connectivity index (χ0n) is 14.1. The molecule has 1 aromatic carbocycles. The Labute approximate surface area is 137 Å². The SMILES string of the molecule is COC[C@]12CC[C@@]1(COOC)C(=O)N([C@H](C)c1ccccc1)C2. The highest BCUT2D eigenvalue weighted by Gasteiger charge is 2.70. The molecule has 1 aliphatic heterocycles. The number of nitrogens with zero attached hydrogens (tertiary/aromatic N) is 1. The van der Waals surface area contributed by atoms with Crippen molar-refractivity contribution in [3.63, 3.8) is 0 Å². The number of ether oxygens (including phenoxy) is 1. The fraction of sp³-hybridized carbons (Fsp3) is 0.611. The van der Waals surface area contributed by atoms with Crippen LogP contribution in [0.1, 0.15) is 31.4 Å². The number of hydrogen-bond donors (Lipinski definition) is 0. The lowest BCUT2D eigenvalue weighted by atomic mass is 9.51. The number of amides is 1. The van der Waals surface area contributed by atoms with Crippen LogP contribution in [-0.2, 0) is 19.3 Å². The molecule has 126 valence electrons. The highest BCUT2D eigenvalue weighted by molar-refractivity contribution is 5.88. The van der Waals surface area contributed by atoms with Crippen LogP contribution < -0.4 is 0 Å². The number of fused-ring (bicyclic) bond motifs is 1. The summed E-state index contributed by atoms with van der Waals surface area (Å²) in [6.07, 6.45) is 1.81. The summed E-state index contributed by atoms with van der Waals surface area (Å²) in [5.74, 6) is 0.161. The maximum Gasteiger partial charge on any atom is 0.232 e. The van der Waals surface area contributed by atoms with Gasteiger partial charge in [0.2, 0.25) is 5.91 Å². The number of hydrogen-bond acceptors (Lipinski definition) is 4. The lowest BCUT2D eigenvalue weighted by Crippen LogP contribution is -2.57. The number of likely N-dealkylation sites (tertiary alicyclic amines) is 1. The van der Waals surface area contributed by atoms with Gasteiger partial charge in [0.15, 0.2) is 0 Å². The van der Waals surface area contributed by atoms with Gasteiger partial charge in [0.05, 0.1) is 31.8 Å². The van der Waals surface area contributed by atoms with Crippen LogP contribution in [-0.4, -0.2) is 44.8 Å². The molecule has 5 heteroatoms. The van der Waals surface area contributed by atoms with Crippen molar-refractivity contribution in [1.82, 2.24) is 4.90 Å². The van der Waals surface area contributed by atoms with Crippen molar-refractivity contribution in [3.05, 3.63) is 35.9 Å². The van der Waals surface area contributed by atoms with Crippen LogP contribution in [0.2, 0.25) is 0 Å². The first-order valence-corrected chi connectivity index (χ1v) is 8.11. The highest BCUT2D eigenvalue weighted by atomic mass is 17.2. The van der Waals surface area contributed by atoms with Crippen LogP contribution in [0.15, 0.2) is 30.3 Å². The van der Waals surface area contributed by atoms with Gasteiger partial charge in [0.25, 0.3) is 0 Å². The predicted octanol–water partition coefficient (Wildman–Crippen LogP) is 2.58. The van der Waals surface area contributed by atoms with E-state index in [9.17, 15) is 4.79 Å². The van der Waals surface area contributed by atoms with E-state index in [-0.39, 0.29) is 17.4 Å². The zero-order valence-corrected chi connectivity index (χ0v) is 14.1. The molecule has 1 heterocycles. The second kappa shape index (κ2) is 6.23. The Bertz CT molecular complexity index is 563. The molecule has 1 saturated carbocycles. The maximum atomic E-state index is 13.2. The minimum atomic E-state index is -0.512. The van der Waals surface area contributed by atoms with Gasteiger partial charge in [0, 0.05) is 19.1 Å². The molecule has 2 fully saturated rings. The molecule has 1 saturated heterocycles. The van der Waals surface area contributed by atoms with E-state index in [1.54, 1.807) is 7.11 Å². The fourth-order valence-corrected chi connectivity index (χ4v) is 4.22. The topological polar surface area (TPSA) is 48.0 Å². The molecule has 23 heavy (non-hydrogen) atoms. The molecule has 1 aromatic rings. The summed E-state index contributed by atoms with van der Waals surface area (Å²) in [5, 5.41) is 0. The minimum Gasteiger partial charge on any atom is -0.384 e. The Morgan fingerprint density at radius 1 is 1.17 bits per heavy atom. The summed E-state index contributed by atoms with van der Waals surface area (Å²) >= 11 is 0. The third-order valence-corrected chi connectivity index (χ3v) is 5.78. The third-order valence-electron chi connectivity index (χ3n) is 5.78. The maximum absolute atomic E-state index is 13.2. The van der Waals surface area contributed by atoms with Gasteiger partial charge in [-0.1, -0.05) is 30.3 Å². The van der Waals surface area contributed by atoms with Crippen LogP contribution in [0.3, 0.4) is 0 Å². The van der Waals surface area contributed by atoms with Crippen LogP contribution >= 0.6 is 0 Å². The Hall–Kier alpha value is -1.43. The molecule has 0 spiro atoms. The fourth-order valence-electron chi connectivity index (χ4n) is 4.22. The van der Waals surface area contributed by atoms with Gasteiger partial charge in [-0.3, -0.25) is 4.79 Å². The van der Waals surface area contributed by atoms with Gasteiger partial charge in [-0.05, 0) is 25.3 Å². The van der Waals surface area contributed by atoms with Crippen molar-refractivity contribution in [2.24, 2.45) is 10.8 Å². The molecule has 5 nitrogen and oxygen atoms in total. The minimum absolute atomic E-state index is 0.0439. The highest BCUT2D eigenvalue weighted by Crippen LogP contribution is 2.63. The molecule has 3 rings (SSSR count). The summed E-state index contributed by atoms with van der Waals surface area (Å²) in [5.41, 5.74) is 0.472. The summed E-state index contributed by atoms with van der Waals surface area (Å²) < 4.78 is 5.46. The second-order valence-corrected chi connectivity index (χ2v) is 6.74. The lowest BCUT2D eigenvalue weighted by Gasteiger charge is -2.51. The largest absolute Gasteiger partial charge is 0.384 e. The summed E-state index contributed by atoms with van der Waals surface area (Å²) in [4.78, 5) is 25.2. The quantitative estimate of drug-likeness (QED) is 0.572. The van der Waals surface area contributed by atoms with Crippen molar-refractivity contribution in [2.45, 2.75) is 25.8 Å². The lowest BCUT2D eigenvalue weighted by molar-refractivity contribution is -0.304. The van der Waals surface area contributed by atoms with Gasteiger partial charge in [-0.25, -0.2) is 9.78 Å². The van der Waals surface area contributed by atoms with Gasteiger partial charge in [0.1, 0.15) is 0 Å². The van der Waals surface area contributed by atoms with Gasteiger partial charge < -0.3 is 9.64 Å². The summed E-state index contributed by atoms with van der Waals surface area (Å²) in [6.45, 7) is 3.67. The first-order chi connectivity index (χ1) is 11.1. The Kier molecular flexibility index (Phi) is 4.45. The third kappa shape index (κ3) is 2.38. The van der Waals surface area contributed by atoms with E-state index in [0.29, 0.717) is 19.8 Å². The van der Waals surface area contributed by atoms with E-state index in [1.165, 1.54) is 7.11 Å². The predicted molar refractivity (Wildman–Crippen MR) is 85.5 cm³/mol. The molecule has 0 bridgehead atoms. The zero-order chi connectivity index (χ0) is 16.5. The van der Waals surface area contributed by atoms with E-state index in [0.717, 1.165) is 18.4 Å². The summed E-state index contributed by atoms with van der Waals surface area (Å²) in [6, 6.07) is 10.2. The molecule has 0 radical (unpaired) electrons. The van der Waals surface area contributed by atoms with Crippen molar-refractivity contribution < 1.29 is 19.3 Å². The molecule has 0 aromatic heterocycles. The van der Waals surface area contributed by atoms with E-state index in [4.69, 9.17) is 14.5 Å². The van der Waals surface area contributed by atoms with Crippen molar-refractivity contribution in [3.8, 4) is 0 Å². The number of carbonyl (C=O) groups is 1. The van der Waals surface area contributed by atoms with Crippen LogP contribution in [0.25, 0.3) is 0 Å². The average molecular weight is 319 g/mol. The van der Waals surface area contributed by atoms with Gasteiger partial charge >= 0.3 is 0 Å². The number of rotatable bonds is 7.